The highest BCUT2D eigenvalue weighted by atomic mass is 32.1. The Hall–Kier alpha value is -3.26. The van der Waals surface area contributed by atoms with E-state index in [2.05, 4.69) is 5.32 Å². The second-order valence-electron chi connectivity index (χ2n) is 5.86. The van der Waals surface area contributed by atoms with Crippen LogP contribution in [0.2, 0.25) is 0 Å². The van der Waals surface area contributed by atoms with Gasteiger partial charge >= 0.3 is 5.97 Å². The highest BCUT2D eigenvalue weighted by Gasteiger charge is 2.37. The maximum Gasteiger partial charge on any atom is 0.337 e. The van der Waals surface area contributed by atoms with E-state index in [1.165, 1.54) is 13.2 Å². The van der Waals surface area contributed by atoms with Crippen LogP contribution in [0.5, 0.6) is 0 Å². The van der Waals surface area contributed by atoms with Crippen LogP contribution in [-0.2, 0) is 9.53 Å². The molecule has 2 aromatic carbocycles. The summed E-state index contributed by atoms with van der Waals surface area (Å²) < 4.78 is 4.96. The van der Waals surface area contributed by atoms with E-state index in [-0.39, 0.29) is 11.3 Å². The number of ether oxygens (including phenoxy) is 1. The molecule has 3 rings (SSSR count). The zero-order chi connectivity index (χ0) is 19.6. The number of anilines is 1. The predicted molar refractivity (Wildman–Crippen MR) is 105 cm³/mol. The Labute approximate surface area is 161 Å². The van der Waals surface area contributed by atoms with E-state index in [1.54, 1.807) is 30.0 Å². The molecule has 1 aliphatic rings. The average Bonchev–Trinajstić information content (AvgIpc) is 2.67. The zero-order valence-electron chi connectivity index (χ0n) is 14.7. The number of thiocarbonyl (C=S) groups is 1. The number of carbonyl (C=O) groups excluding carboxylic acids is 1. The number of hydrogen-bond acceptors (Lipinski definition) is 5. The first kappa shape index (κ1) is 18.5. The number of para-hydroxylation sites is 2. The highest BCUT2D eigenvalue weighted by molar-refractivity contribution is 7.80. The number of nitrogens with one attached hydrogen (secondary N) is 1. The van der Waals surface area contributed by atoms with Crippen LogP contribution in [0, 0.1) is 10.1 Å². The highest BCUT2D eigenvalue weighted by Crippen LogP contribution is 2.37. The number of nitro groups is 1. The molecule has 27 heavy (non-hydrogen) atoms. The van der Waals surface area contributed by atoms with Gasteiger partial charge in [-0.15, -0.1) is 0 Å². The van der Waals surface area contributed by atoms with Crippen LogP contribution in [-0.4, -0.2) is 23.1 Å². The minimum Gasteiger partial charge on any atom is -0.466 e. The van der Waals surface area contributed by atoms with E-state index in [1.807, 2.05) is 30.3 Å². The number of methoxy groups -OCH3 is 1. The zero-order valence-corrected chi connectivity index (χ0v) is 15.5. The van der Waals surface area contributed by atoms with Crippen molar-refractivity contribution in [1.29, 1.82) is 0 Å². The van der Waals surface area contributed by atoms with Gasteiger partial charge in [0.15, 0.2) is 5.11 Å². The number of rotatable bonds is 4. The fourth-order valence-electron chi connectivity index (χ4n) is 3.14. The van der Waals surface area contributed by atoms with Gasteiger partial charge in [-0.3, -0.25) is 15.0 Å². The number of esters is 1. The molecule has 0 fully saturated rings. The molecular weight excluding hydrogens is 366 g/mol. The summed E-state index contributed by atoms with van der Waals surface area (Å²) in [5.41, 5.74) is 1.84. The summed E-state index contributed by atoms with van der Waals surface area (Å²) in [5, 5.41) is 14.9. The van der Waals surface area contributed by atoms with E-state index < -0.39 is 16.9 Å². The number of carbonyl (C=O) groups is 1. The van der Waals surface area contributed by atoms with Gasteiger partial charge < -0.3 is 10.1 Å². The van der Waals surface area contributed by atoms with Gasteiger partial charge in [0.25, 0.3) is 5.69 Å². The van der Waals surface area contributed by atoms with Crippen LogP contribution in [0.25, 0.3) is 0 Å². The van der Waals surface area contributed by atoms with Gasteiger partial charge in [0.2, 0.25) is 0 Å². The second kappa shape index (κ2) is 7.55. The number of nitrogens with zero attached hydrogens (tertiary/aromatic N) is 2. The van der Waals surface area contributed by atoms with Gasteiger partial charge in [0.05, 0.1) is 29.2 Å². The molecular formula is C19H17N3O4S. The number of benzene rings is 2. The molecule has 0 unspecified atom stereocenters. The standard InChI is InChI=1S/C19H17N3O4S/c1-12-16(18(23)26-2)17(14-10-6-7-11-15(14)22(24)25)20-19(27)21(12)13-8-4-3-5-9-13/h3-11,17H,1-2H3,(H,20,27)/t17-/m0/s1. The molecule has 1 N–H and O–H groups in total. The van der Waals surface area contributed by atoms with E-state index in [0.717, 1.165) is 5.69 Å². The summed E-state index contributed by atoms with van der Waals surface area (Å²) >= 11 is 5.51. The van der Waals surface area contributed by atoms with Crippen LogP contribution >= 0.6 is 12.2 Å². The maximum atomic E-state index is 12.6. The fraction of sp³-hybridized carbons (Fsp3) is 0.158. The van der Waals surface area contributed by atoms with E-state index in [4.69, 9.17) is 17.0 Å². The Morgan fingerprint density at radius 1 is 1.19 bits per heavy atom. The van der Waals surface area contributed by atoms with Crippen molar-refractivity contribution in [3.63, 3.8) is 0 Å². The van der Waals surface area contributed by atoms with Gasteiger partial charge in [-0.1, -0.05) is 30.3 Å². The smallest absolute Gasteiger partial charge is 0.337 e. The molecule has 0 bridgehead atoms. The minimum absolute atomic E-state index is 0.0971. The average molecular weight is 383 g/mol. The van der Waals surface area contributed by atoms with E-state index in [0.29, 0.717) is 16.4 Å². The Morgan fingerprint density at radius 3 is 2.44 bits per heavy atom. The molecule has 0 radical (unpaired) electrons. The molecule has 7 nitrogen and oxygen atoms in total. The van der Waals surface area contributed by atoms with Crippen LogP contribution in [0.4, 0.5) is 11.4 Å². The predicted octanol–water partition coefficient (Wildman–Crippen LogP) is 3.48. The Kier molecular flexibility index (Phi) is 5.18. The van der Waals surface area contributed by atoms with Crippen LogP contribution in [0.1, 0.15) is 18.5 Å². The summed E-state index contributed by atoms with van der Waals surface area (Å²) in [4.78, 5) is 25.3. The van der Waals surface area contributed by atoms with Gasteiger partial charge in [0, 0.05) is 17.5 Å². The minimum atomic E-state index is -0.786. The Balaban J connectivity index is 2.20. The Bertz CT molecular complexity index is 943. The van der Waals surface area contributed by atoms with Crippen LogP contribution < -0.4 is 10.2 Å². The van der Waals surface area contributed by atoms with Crippen molar-refractivity contribution >= 4 is 34.7 Å². The van der Waals surface area contributed by atoms with Crippen molar-refractivity contribution < 1.29 is 14.5 Å². The second-order valence-corrected chi connectivity index (χ2v) is 6.25. The molecule has 8 heteroatoms. The quantitative estimate of drug-likeness (QED) is 0.374. The summed E-state index contributed by atoms with van der Waals surface area (Å²) in [5.74, 6) is -0.577. The number of nitro benzene ring substituents is 1. The molecule has 2 aromatic rings. The topological polar surface area (TPSA) is 84.7 Å². The lowest BCUT2D eigenvalue weighted by molar-refractivity contribution is -0.385. The van der Waals surface area contributed by atoms with E-state index in [9.17, 15) is 14.9 Å². The fourth-order valence-corrected chi connectivity index (χ4v) is 3.50. The monoisotopic (exact) mass is 383 g/mol. The first-order chi connectivity index (χ1) is 13.0. The molecule has 0 aliphatic carbocycles. The lowest BCUT2D eigenvalue weighted by atomic mass is 9.93. The maximum absolute atomic E-state index is 12.6. The summed E-state index contributed by atoms with van der Waals surface area (Å²) in [6.45, 7) is 1.74. The number of hydrogen-bond donors (Lipinski definition) is 1. The van der Waals surface area contributed by atoms with Crippen molar-refractivity contribution in [2.24, 2.45) is 0 Å². The van der Waals surface area contributed by atoms with Crippen molar-refractivity contribution in [3.05, 3.63) is 81.5 Å². The van der Waals surface area contributed by atoms with Crippen molar-refractivity contribution in [2.45, 2.75) is 13.0 Å². The van der Waals surface area contributed by atoms with E-state index >= 15 is 0 Å². The molecule has 138 valence electrons. The first-order valence-electron chi connectivity index (χ1n) is 8.13. The third kappa shape index (κ3) is 3.39. The molecule has 1 heterocycles. The van der Waals surface area contributed by atoms with Gasteiger partial charge in [-0.25, -0.2) is 4.79 Å². The lowest BCUT2D eigenvalue weighted by Crippen LogP contribution is -2.48. The van der Waals surface area contributed by atoms with Gasteiger partial charge in [0.1, 0.15) is 0 Å². The summed E-state index contributed by atoms with van der Waals surface area (Å²) in [7, 11) is 1.28. The van der Waals surface area contributed by atoms with Crippen molar-refractivity contribution in [1.82, 2.24) is 5.32 Å². The molecule has 0 amide bonds. The molecule has 0 saturated heterocycles. The third-order valence-electron chi connectivity index (χ3n) is 4.35. The van der Waals surface area contributed by atoms with Crippen molar-refractivity contribution in [3.8, 4) is 0 Å². The number of allylic oxidation sites excluding steroid dienone is 1. The van der Waals surface area contributed by atoms with Gasteiger partial charge in [-0.2, -0.15) is 0 Å². The molecule has 1 atom stereocenters. The van der Waals surface area contributed by atoms with Crippen LogP contribution in [0.15, 0.2) is 65.9 Å². The Morgan fingerprint density at radius 2 is 1.81 bits per heavy atom. The molecule has 1 aliphatic heterocycles. The normalized spacial score (nSPS) is 16.7. The third-order valence-corrected chi connectivity index (χ3v) is 4.65. The lowest BCUT2D eigenvalue weighted by Gasteiger charge is -2.37. The molecule has 0 saturated carbocycles. The SMILES string of the molecule is COC(=O)C1=C(C)N(c2ccccc2)C(=S)N[C@H]1c1ccccc1[N+](=O)[O-]. The van der Waals surface area contributed by atoms with Gasteiger partial charge in [-0.05, 0) is 37.3 Å². The summed E-state index contributed by atoms with van der Waals surface area (Å²) in [6, 6.07) is 14.8. The first-order valence-corrected chi connectivity index (χ1v) is 8.54. The molecule has 0 spiro atoms. The van der Waals surface area contributed by atoms with Crippen molar-refractivity contribution in [2.75, 3.05) is 12.0 Å². The molecule has 0 aromatic heterocycles. The summed E-state index contributed by atoms with van der Waals surface area (Å²) in [6.07, 6.45) is 0. The largest absolute Gasteiger partial charge is 0.466 e. The van der Waals surface area contributed by atoms with Crippen LogP contribution in [0.3, 0.4) is 0 Å².